The first kappa shape index (κ1) is 18.5. The number of benzene rings is 2. The Hall–Kier alpha value is -3.81. The van der Waals surface area contributed by atoms with Crippen LogP contribution >= 0.6 is 0 Å². The number of hydrogen-bond acceptors (Lipinski definition) is 5. The van der Waals surface area contributed by atoms with Crippen molar-refractivity contribution in [3.8, 4) is 11.3 Å². The second-order valence-corrected chi connectivity index (χ2v) is 6.81. The molecule has 7 nitrogen and oxygen atoms in total. The Morgan fingerprint density at radius 3 is 2.34 bits per heavy atom. The van der Waals surface area contributed by atoms with Gasteiger partial charge in [-0.25, -0.2) is 4.39 Å². The average Bonchev–Trinajstić information content (AvgIpc) is 2.73. The quantitative estimate of drug-likeness (QED) is 0.454. The van der Waals surface area contributed by atoms with Gasteiger partial charge in [-0.2, -0.15) is 0 Å². The summed E-state index contributed by atoms with van der Waals surface area (Å²) < 4.78 is 13.0. The molecular formula is C21H18FN5O2. The van der Waals surface area contributed by atoms with Gasteiger partial charge in [-0.1, -0.05) is 25.1 Å². The van der Waals surface area contributed by atoms with E-state index in [2.05, 4.69) is 25.5 Å². The fourth-order valence-corrected chi connectivity index (χ4v) is 3.02. The zero-order valence-electron chi connectivity index (χ0n) is 15.6. The van der Waals surface area contributed by atoms with Crippen molar-refractivity contribution >= 4 is 16.9 Å². The van der Waals surface area contributed by atoms with E-state index in [1.165, 1.54) is 12.1 Å². The van der Waals surface area contributed by atoms with E-state index in [1.807, 2.05) is 19.1 Å². The summed E-state index contributed by atoms with van der Waals surface area (Å²) in [6.45, 7) is 2.67. The maximum atomic E-state index is 13.0. The van der Waals surface area contributed by atoms with E-state index < -0.39 is 11.1 Å². The van der Waals surface area contributed by atoms with Crippen molar-refractivity contribution in [1.29, 1.82) is 0 Å². The topological polar surface area (TPSA) is 104 Å². The summed E-state index contributed by atoms with van der Waals surface area (Å²) in [6, 6.07) is 15.3. The molecule has 1 atom stereocenters. The van der Waals surface area contributed by atoms with Crippen molar-refractivity contribution in [2.45, 2.75) is 12.8 Å². The number of aromatic amines is 2. The molecule has 29 heavy (non-hydrogen) atoms. The van der Waals surface area contributed by atoms with Crippen molar-refractivity contribution in [1.82, 2.24) is 20.2 Å². The maximum absolute atomic E-state index is 13.0. The van der Waals surface area contributed by atoms with Crippen LogP contribution in [0, 0.1) is 5.82 Å². The van der Waals surface area contributed by atoms with Crippen LogP contribution in [-0.4, -0.2) is 26.7 Å². The van der Waals surface area contributed by atoms with Crippen LogP contribution in [0.25, 0.3) is 22.3 Å². The largest absolute Gasteiger partial charge is 0.368 e. The van der Waals surface area contributed by atoms with Crippen molar-refractivity contribution < 1.29 is 4.39 Å². The molecule has 2 aromatic heterocycles. The Kier molecular flexibility index (Phi) is 4.90. The molecule has 0 fully saturated rings. The molecule has 1 unspecified atom stereocenters. The number of H-pyrrole nitrogens is 2. The van der Waals surface area contributed by atoms with Crippen LogP contribution in [0.1, 0.15) is 18.4 Å². The molecular weight excluding hydrogens is 373 g/mol. The van der Waals surface area contributed by atoms with Crippen molar-refractivity contribution in [2.75, 3.05) is 11.9 Å². The molecule has 0 amide bonds. The minimum Gasteiger partial charge on any atom is -0.368 e. The van der Waals surface area contributed by atoms with Gasteiger partial charge in [-0.05, 0) is 47.9 Å². The van der Waals surface area contributed by atoms with E-state index in [1.54, 1.807) is 30.3 Å². The zero-order valence-corrected chi connectivity index (χ0v) is 15.6. The number of halogens is 1. The Labute approximate surface area is 164 Å². The maximum Gasteiger partial charge on any atom is 0.314 e. The van der Waals surface area contributed by atoms with Gasteiger partial charge in [0, 0.05) is 12.1 Å². The summed E-state index contributed by atoms with van der Waals surface area (Å²) in [4.78, 5) is 28.0. The summed E-state index contributed by atoms with van der Waals surface area (Å²) in [5, 5.41) is 11.7. The van der Waals surface area contributed by atoms with Gasteiger partial charge in [-0.3, -0.25) is 9.59 Å². The summed E-state index contributed by atoms with van der Waals surface area (Å²) in [7, 11) is 0. The van der Waals surface area contributed by atoms with E-state index in [9.17, 15) is 14.0 Å². The molecule has 3 N–H and O–H groups in total. The molecule has 0 saturated carbocycles. The van der Waals surface area contributed by atoms with E-state index in [4.69, 9.17) is 0 Å². The molecule has 4 aromatic rings. The van der Waals surface area contributed by atoms with E-state index in [-0.39, 0.29) is 11.7 Å². The molecule has 2 aromatic carbocycles. The summed E-state index contributed by atoms with van der Waals surface area (Å²) in [5.41, 5.74) is 2.11. The lowest BCUT2D eigenvalue weighted by molar-refractivity contribution is 0.626. The predicted octanol–water partition coefficient (Wildman–Crippen LogP) is 3.03. The molecule has 0 radical (unpaired) electrons. The lowest BCUT2D eigenvalue weighted by Crippen LogP contribution is -2.28. The number of hydrogen-bond donors (Lipinski definition) is 3. The van der Waals surface area contributed by atoms with Gasteiger partial charge in [0.05, 0.1) is 16.7 Å². The Morgan fingerprint density at radius 2 is 1.66 bits per heavy atom. The second kappa shape index (κ2) is 7.67. The third-order valence-electron chi connectivity index (χ3n) is 4.71. The van der Waals surface area contributed by atoms with Gasteiger partial charge in [0.2, 0.25) is 0 Å². The fraction of sp³-hybridized carbons (Fsp3) is 0.143. The molecule has 2 heterocycles. The number of anilines is 1. The number of rotatable bonds is 5. The van der Waals surface area contributed by atoms with Gasteiger partial charge >= 0.3 is 11.1 Å². The van der Waals surface area contributed by atoms with Crippen LogP contribution in [0.5, 0.6) is 0 Å². The highest BCUT2D eigenvalue weighted by atomic mass is 19.1. The third kappa shape index (κ3) is 4.06. The molecule has 0 saturated heterocycles. The number of aromatic nitrogens is 4. The molecule has 0 aliphatic heterocycles. The summed E-state index contributed by atoms with van der Waals surface area (Å²) >= 11 is 0. The fourth-order valence-electron chi connectivity index (χ4n) is 3.02. The van der Waals surface area contributed by atoms with Gasteiger partial charge in [0.25, 0.3) is 0 Å². The van der Waals surface area contributed by atoms with Crippen molar-refractivity contribution in [2.24, 2.45) is 0 Å². The summed E-state index contributed by atoms with van der Waals surface area (Å²) in [6.07, 6.45) is 0. The third-order valence-corrected chi connectivity index (χ3v) is 4.71. The standard InChI is InChI=1S/C21H18FN5O2/c1-12(13-2-5-15(22)6-3-13)11-23-19-9-8-16(26-27-19)14-4-7-17-18(10-14)25-21(29)20(28)24-17/h2-10,12H,11H2,1H3,(H,23,27)(H,24,28)(H,25,29). The first-order valence-electron chi connectivity index (χ1n) is 9.09. The SMILES string of the molecule is CC(CNc1ccc(-c2ccc3[nH]c(=O)c(=O)[nH]c3c2)nn1)c1ccc(F)cc1. The van der Waals surface area contributed by atoms with Crippen LogP contribution in [0.15, 0.2) is 64.2 Å². The molecule has 0 bridgehead atoms. The first-order chi connectivity index (χ1) is 14.0. The Bertz CT molecular complexity index is 1260. The summed E-state index contributed by atoms with van der Waals surface area (Å²) in [5.74, 6) is 0.553. The van der Waals surface area contributed by atoms with E-state index in [0.717, 1.165) is 11.1 Å². The lowest BCUT2D eigenvalue weighted by atomic mass is 10.0. The highest BCUT2D eigenvalue weighted by molar-refractivity contribution is 5.80. The predicted molar refractivity (Wildman–Crippen MR) is 110 cm³/mol. The van der Waals surface area contributed by atoms with Crippen LogP contribution in [0.3, 0.4) is 0 Å². The monoisotopic (exact) mass is 391 g/mol. The zero-order chi connectivity index (χ0) is 20.4. The van der Waals surface area contributed by atoms with Gasteiger partial charge in [0.15, 0.2) is 0 Å². The molecule has 0 aliphatic rings. The van der Waals surface area contributed by atoms with Crippen molar-refractivity contribution in [3.05, 3.63) is 86.7 Å². The van der Waals surface area contributed by atoms with Crippen molar-refractivity contribution in [3.63, 3.8) is 0 Å². The minimum atomic E-state index is -0.699. The average molecular weight is 391 g/mol. The highest BCUT2D eigenvalue weighted by Gasteiger charge is 2.08. The minimum absolute atomic E-state index is 0.177. The molecule has 146 valence electrons. The molecule has 8 heteroatoms. The second-order valence-electron chi connectivity index (χ2n) is 6.81. The normalized spacial score (nSPS) is 12.1. The Balaban J connectivity index is 1.48. The van der Waals surface area contributed by atoms with Crippen LogP contribution < -0.4 is 16.4 Å². The van der Waals surface area contributed by atoms with Crippen LogP contribution in [0.4, 0.5) is 10.2 Å². The van der Waals surface area contributed by atoms with Gasteiger partial charge < -0.3 is 15.3 Å². The molecule has 0 spiro atoms. The van der Waals surface area contributed by atoms with Crippen LogP contribution in [0.2, 0.25) is 0 Å². The highest BCUT2D eigenvalue weighted by Crippen LogP contribution is 2.21. The van der Waals surface area contributed by atoms with Crippen LogP contribution in [-0.2, 0) is 0 Å². The lowest BCUT2D eigenvalue weighted by Gasteiger charge is -2.13. The van der Waals surface area contributed by atoms with Gasteiger partial charge in [0.1, 0.15) is 11.6 Å². The first-order valence-corrected chi connectivity index (χ1v) is 9.09. The van der Waals surface area contributed by atoms with E-state index in [0.29, 0.717) is 29.1 Å². The Morgan fingerprint density at radius 1 is 0.931 bits per heavy atom. The smallest absolute Gasteiger partial charge is 0.314 e. The number of fused-ring (bicyclic) bond motifs is 1. The number of nitrogens with one attached hydrogen (secondary N) is 3. The van der Waals surface area contributed by atoms with Gasteiger partial charge in [-0.15, -0.1) is 10.2 Å². The number of nitrogens with zero attached hydrogens (tertiary/aromatic N) is 2. The molecule has 4 rings (SSSR count). The van der Waals surface area contributed by atoms with E-state index >= 15 is 0 Å². The molecule has 0 aliphatic carbocycles.